The number of aryl methyl sites for hydroxylation is 2. The molecule has 20 heavy (non-hydrogen) atoms. The minimum absolute atomic E-state index is 0.120. The highest BCUT2D eigenvalue weighted by molar-refractivity contribution is 7.14. The summed E-state index contributed by atoms with van der Waals surface area (Å²) >= 11 is 1.46. The van der Waals surface area contributed by atoms with Crippen molar-refractivity contribution >= 4 is 23.2 Å². The maximum atomic E-state index is 12.6. The molecule has 1 fully saturated rings. The van der Waals surface area contributed by atoms with Crippen LogP contribution >= 0.6 is 11.3 Å². The molecule has 1 saturated heterocycles. The Labute approximate surface area is 122 Å². The summed E-state index contributed by atoms with van der Waals surface area (Å²) < 4.78 is 10.1. The Morgan fingerprint density at radius 2 is 2.05 bits per heavy atom. The summed E-state index contributed by atoms with van der Waals surface area (Å²) in [6.45, 7) is 4.38. The second-order valence-electron chi connectivity index (χ2n) is 4.94. The van der Waals surface area contributed by atoms with Crippen LogP contribution in [0.4, 0.5) is 0 Å². The highest BCUT2D eigenvalue weighted by atomic mass is 32.1. The van der Waals surface area contributed by atoms with Crippen LogP contribution < -0.4 is 0 Å². The number of rotatable bonds is 3. The molecule has 0 aliphatic carbocycles. The topological polar surface area (TPSA) is 55.8 Å². The predicted molar refractivity (Wildman–Crippen MR) is 76.0 cm³/mol. The summed E-state index contributed by atoms with van der Waals surface area (Å²) in [4.78, 5) is 27.7. The number of likely N-dealkylation sites (tertiary alicyclic amines) is 1. The van der Waals surface area contributed by atoms with Gasteiger partial charge in [0.2, 0.25) is 0 Å². The van der Waals surface area contributed by atoms with E-state index in [0.717, 1.165) is 10.4 Å². The molecule has 2 atom stereocenters. The first-order valence-corrected chi connectivity index (χ1v) is 7.28. The molecule has 2 heterocycles. The van der Waals surface area contributed by atoms with E-state index in [1.54, 1.807) is 12.0 Å². The number of methoxy groups -OCH3 is 2. The molecule has 1 aliphatic rings. The summed E-state index contributed by atoms with van der Waals surface area (Å²) in [6.07, 6.45) is 0.364. The molecule has 1 aliphatic heterocycles. The zero-order chi connectivity index (χ0) is 14.9. The third-order valence-corrected chi connectivity index (χ3v) is 4.85. The van der Waals surface area contributed by atoms with Crippen LogP contribution in [-0.4, -0.2) is 49.7 Å². The third-order valence-electron chi connectivity index (χ3n) is 3.71. The number of esters is 1. The van der Waals surface area contributed by atoms with Gasteiger partial charge >= 0.3 is 5.97 Å². The third kappa shape index (κ3) is 2.71. The second kappa shape index (κ2) is 5.93. The van der Waals surface area contributed by atoms with E-state index < -0.39 is 6.04 Å². The van der Waals surface area contributed by atoms with Gasteiger partial charge in [-0.2, -0.15) is 0 Å². The molecule has 0 radical (unpaired) electrons. The number of carbonyl (C=O) groups is 2. The van der Waals surface area contributed by atoms with Crippen molar-refractivity contribution in [3.8, 4) is 0 Å². The number of nitrogens with zero attached hydrogens (tertiary/aromatic N) is 1. The fourth-order valence-corrected chi connectivity index (χ4v) is 3.36. The zero-order valence-electron chi connectivity index (χ0n) is 12.1. The van der Waals surface area contributed by atoms with Crippen LogP contribution in [0, 0.1) is 13.8 Å². The lowest BCUT2D eigenvalue weighted by atomic mass is 10.2. The van der Waals surface area contributed by atoms with Crippen molar-refractivity contribution in [2.24, 2.45) is 0 Å². The predicted octanol–water partition coefficient (Wildman–Crippen LogP) is 1.77. The molecule has 1 aromatic rings. The summed E-state index contributed by atoms with van der Waals surface area (Å²) in [7, 11) is 2.93. The lowest BCUT2D eigenvalue weighted by Gasteiger charge is -2.21. The fraction of sp³-hybridized carbons (Fsp3) is 0.571. The van der Waals surface area contributed by atoms with E-state index in [1.165, 1.54) is 18.4 Å². The maximum Gasteiger partial charge on any atom is 0.328 e. The van der Waals surface area contributed by atoms with Gasteiger partial charge in [-0.15, -0.1) is 11.3 Å². The van der Waals surface area contributed by atoms with Gasteiger partial charge in [0.05, 0.1) is 18.1 Å². The minimum Gasteiger partial charge on any atom is -0.467 e. The molecule has 5 nitrogen and oxygen atoms in total. The van der Waals surface area contributed by atoms with E-state index in [4.69, 9.17) is 9.47 Å². The van der Waals surface area contributed by atoms with Crippen molar-refractivity contribution in [1.29, 1.82) is 0 Å². The van der Waals surface area contributed by atoms with Crippen LogP contribution in [0.25, 0.3) is 0 Å². The highest BCUT2D eigenvalue weighted by Gasteiger charge is 2.41. The fourth-order valence-electron chi connectivity index (χ4n) is 2.37. The largest absolute Gasteiger partial charge is 0.467 e. The molecule has 110 valence electrons. The lowest BCUT2D eigenvalue weighted by Crippen LogP contribution is -2.41. The molecule has 0 bridgehead atoms. The van der Waals surface area contributed by atoms with Crippen LogP contribution in [0.5, 0.6) is 0 Å². The first kappa shape index (κ1) is 15.0. The van der Waals surface area contributed by atoms with E-state index in [-0.39, 0.29) is 18.0 Å². The monoisotopic (exact) mass is 297 g/mol. The van der Waals surface area contributed by atoms with E-state index in [0.29, 0.717) is 17.8 Å². The quantitative estimate of drug-likeness (QED) is 0.798. The molecule has 1 aromatic heterocycles. The molecule has 2 rings (SSSR count). The summed E-state index contributed by atoms with van der Waals surface area (Å²) in [5.74, 6) is -0.510. The molecule has 0 unspecified atom stereocenters. The number of hydrogen-bond acceptors (Lipinski definition) is 5. The standard InChI is InChI=1S/C14H19NO4S/c1-8-5-12(20-9(8)2)13(16)15-7-10(18-3)6-11(15)14(17)19-4/h5,10-11H,6-7H2,1-4H3/t10-,11+/m0/s1. The normalized spacial score (nSPS) is 22.1. The van der Waals surface area contributed by atoms with Crippen LogP contribution in [0.1, 0.15) is 26.5 Å². The highest BCUT2D eigenvalue weighted by Crippen LogP contribution is 2.27. The smallest absolute Gasteiger partial charge is 0.328 e. The molecular formula is C14H19NO4S. The van der Waals surface area contributed by atoms with Crippen LogP contribution in [-0.2, 0) is 14.3 Å². The average molecular weight is 297 g/mol. The molecular weight excluding hydrogens is 278 g/mol. The Morgan fingerprint density at radius 1 is 1.35 bits per heavy atom. The van der Waals surface area contributed by atoms with Gasteiger partial charge in [0.25, 0.3) is 5.91 Å². The van der Waals surface area contributed by atoms with E-state index in [2.05, 4.69) is 0 Å². The maximum absolute atomic E-state index is 12.6. The van der Waals surface area contributed by atoms with Gasteiger partial charge in [-0.05, 0) is 25.5 Å². The Hall–Kier alpha value is -1.40. The van der Waals surface area contributed by atoms with E-state index >= 15 is 0 Å². The average Bonchev–Trinajstić information content (AvgIpc) is 3.01. The summed E-state index contributed by atoms with van der Waals surface area (Å²) in [6, 6.07) is 1.32. The van der Waals surface area contributed by atoms with Crippen LogP contribution in [0.2, 0.25) is 0 Å². The van der Waals surface area contributed by atoms with Gasteiger partial charge in [0.1, 0.15) is 6.04 Å². The number of amides is 1. The molecule has 0 aromatic carbocycles. The van der Waals surface area contributed by atoms with Gasteiger partial charge in [-0.25, -0.2) is 4.79 Å². The second-order valence-corrected chi connectivity index (χ2v) is 6.20. The van der Waals surface area contributed by atoms with E-state index in [9.17, 15) is 9.59 Å². The zero-order valence-corrected chi connectivity index (χ0v) is 13.0. The Bertz CT molecular complexity index is 506. The number of hydrogen-bond donors (Lipinski definition) is 0. The first-order valence-electron chi connectivity index (χ1n) is 6.46. The van der Waals surface area contributed by atoms with Crippen molar-refractivity contribution in [2.75, 3.05) is 20.8 Å². The molecule has 1 amide bonds. The van der Waals surface area contributed by atoms with Crippen molar-refractivity contribution in [2.45, 2.75) is 32.4 Å². The first-order chi connectivity index (χ1) is 9.47. The van der Waals surface area contributed by atoms with Crippen molar-refractivity contribution < 1.29 is 19.1 Å². The van der Waals surface area contributed by atoms with Crippen LogP contribution in [0.3, 0.4) is 0 Å². The SMILES string of the molecule is COC(=O)[C@H]1C[C@H](OC)CN1C(=O)c1cc(C)c(C)s1. The minimum atomic E-state index is -0.555. The van der Waals surface area contributed by atoms with Crippen LogP contribution in [0.15, 0.2) is 6.07 Å². The molecule has 0 N–H and O–H groups in total. The Balaban J connectivity index is 2.24. The molecule has 6 heteroatoms. The number of thiophene rings is 1. The molecule has 0 spiro atoms. The van der Waals surface area contributed by atoms with Crippen molar-refractivity contribution in [3.05, 3.63) is 21.4 Å². The lowest BCUT2D eigenvalue weighted by molar-refractivity contribution is -0.145. The summed E-state index contributed by atoms with van der Waals surface area (Å²) in [5.41, 5.74) is 1.09. The number of carbonyl (C=O) groups excluding carboxylic acids is 2. The van der Waals surface area contributed by atoms with Gasteiger partial charge in [-0.1, -0.05) is 0 Å². The summed E-state index contributed by atoms with van der Waals surface area (Å²) in [5, 5.41) is 0. The van der Waals surface area contributed by atoms with Gasteiger partial charge in [-0.3, -0.25) is 4.79 Å². The van der Waals surface area contributed by atoms with Gasteiger partial charge in [0.15, 0.2) is 0 Å². The molecule has 0 saturated carbocycles. The van der Waals surface area contributed by atoms with E-state index in [1.807, 2.05) is 19.9 Å². The van der Waals surface area contributed by atoms with Gasteiger partial charge < -0.3 is 14.4 Å². The Morgan fingerprint density at radius 3 is 2.55 bits per heavy atom. The number of ether oxygens (including phenoxy) is 2. The Kier molecular flexibility index (Phi) is 4.45. The van der Waals surface area contributed by atoms with Crippen molar-refractivity contribution in [1.82, 2.24) is 4.90 Å². The van der Waals surface area contributed by atoms with Gasteiger partial charge in [0, 0.05) is 25.0 Å². The van der Waals surface area contributed by atoms with Crippen molar-refractivity contribution in [3.63, 3.8) is 0 Å².